The van der Waals surface area contributed by atoms with E-state index in [4.69, 9.17) is 4.74 Å². The molecule has 19 heteroatoms. The molecule has 78 heavy (non-hydrogen) atoms. The summed E-state index contributed by atoms with van der Waals surface area (Å²) in [7, 11) is 4.24. The topological polar surface area (TPSA) is 244 Å². The van der Waals surface area contributed by atoms with Gasteiger partial charge in [-0.15, -0.1) is 0 Å². The minimum absolute atomic E-state index is 0.0104. The Morgan fingerprint density at radius 1 is 0.590 bits per heavy atom. The Morgan fingerprint density at radius 2 is 1.12 bits per heavy atom. The fourth-order valence-electron chi connectivity index (χ4n) is 10.5. The summed E-state index contributed by atoms with van der Waals surface area (Å²) < 4.78 is 6.00. The SMILES string of the molecule is CCC(C)[C@@H]1NC(=O)C2CCCN2C(=O)[C@H](Cc2ccccc2)N(C)C(=O)[C@H](Cc2ccccc2)NC(=O)[C@H](C(C)C)NC(=O)[C@H](C(C)CC)OC(=O)[C@H](C(C)(C)O)N(C)C(=O)[C@H](CC(C)C)NC(=O)[C@H](C(C)C)N(C)C1=O. The van der Waals surface area contributed by atoms with Crippen LogP contribution in [-0.2, 0) is 60.7 Å². The lowest BCUT2D eigenvalue weighted by Crippen LogP contribution is -2.63. The summed E-state index contributed by atoms with van der Waals surface area (Å²) in [6.07, 6.45) is 0.0739. The molecule has 0 radical (unpaired) electrons. The van der Waals surface area contributed by atoms with Crippen molar-refractivity contribution >= 4 is 53.2 Å². The van der Waals surface area contributed by atoms with Gasteiger partial charge in [0.15, 0.2) is 12.1 Å². The zero-order chi connectivity index (χ0) is 58.5. The first kappa shape index (κ1) is 64.2. The van der Waals surface area contributed by atoms with E-state index in [1.54, 1.807) is 72.7 Å². The molecule has 2 aromatic rings. The highest BCUT2D eigenvalue weighted by Crippen LogP contribution is 2.26. The highest BCUT2D eigenvalue weighted by atomic mass is 16.6. The molecule has 0 saturated carbocycles. The van der Waals surface area contributed by atoms with Crippen molar-refractivity contribution in [1.82, 2.24) is 40.9 Å². The third-order valence-electron chi connectivity index (χ3n) is 15.4. The third kappa shape index (κ3) is 16.3. The average Bonchev–Trinajstić information content (AvgIpc) is 3.89. The number of nitrogens with zero attached hydrogens (tertiary/aromatic N) is 4. The van der Waals surface area contributed by atoms with Crippen LogP contribution in [0.2, 0.25) is 0 Å². The standard InChI is InChI=1S/C59H90N8O11/c1-16-37(9)46-57(75)65(14)47(36(7)8)52(70)61-41(31-34(3)4)55(73)66(15)49(59(11,12)77)58(76)78-48(38(10)17-2)53(71)62-45(35(5)6)51(69)60-42(32-39-25-20-18-21-26-39)54(72)64(13)44(33-40-27-22-19-23-28-40)56(74)67-30-24-29-43(67)50(68)63-46/h18-23,25-28,34-38,41-49,77H,16-17,24,29-33H2,1-15H3,(H,60,69)(H,61,70)(H,62,71)(H,63,68)/t37?,38?,41-,42-,43?,44-,45-,46-,47-,48-,49+/m0/s1. The predicted molar refractivity (Wildman–Crippen MR) is 297 cm³/mol. The first-order valence-corrected chi connectivity index (χ1v) is 27.9. The summed E-state index contributed by atoms with van der Waals surface area (Å²) in [5, 5.41) is 23.1. The van der Waals surface area contributed by atoms with E-state index in [0.29, 0.717) is 24.8 Å². The monoisotopic (exact) mass is 1090 g/mol. The van der Waals surface area contributed by atoms with E-state index >= 15 is 9.59 Å². The molecule has 2 saturated heterocycles. The van der Waals surface area contributed by atoms with Crippen molar-refractivity contribution in [3.63, 3.8) is 0 Å². The Labute approximate surface area is 462 Å². The molecule has 11 atom stereocenters. The van der Waals surface area contributed by atoms with Crippen LogP contribution in [0, 0.1) is 29.6 Å². The maximum Gasteiger partial charge on any atom is 0.332 e. The number of likely N-dealkylation sites (N-methyl/N-ethyl adjacent to an activating group) is 3. The Morgan fingerprint density at radius 3 is 1.63 bits per heavy atom. The van der Waals surface area contributed by atoms with Gasteiger partial charge >= 0.3 is 5.97 Å². The van der Waals surface area contributed by atoms with E-state index < -0.39 is 137 Å². The molecule has 3 unspecified atom stereocenters. The first-order valence-electron chi connectivity index (χ1n) is 27.9. The van der Waals surface area contributed by atoms with E-state index in [9.17, 15) is 38.7 Å². The van der Waals surface area contributed by atoms with Crippen LogP contribution in [0.1, 0.15) is 126 Å². The van der Waals surface area contributed by atoms with E-state index in [2.05, 4.69) is 21.3 Å². The summed E-state index contributed by atoms with van der Waals surface area (Å²) >= 11 is 0. The van der Waals surface area contributed by atoms with Crippen LogP contribution >= 0.6 is 0 Å². The highest BCUT2D eigenvalue weighted by molar-refractivity contribution is 5.99. The molecular formula is C59H90N8O11. The highest BCUT2D eigenvalue weighted by Gasteiger charge is 2.47. The molecule has 432 valence electrons. The van der Waals surface area contributed by atoms with Crippen molar-refractivity contribution in [3.05, 3.63) is 71.8 Å². The Balaban J connectivity index is 1.95. The molecule has 19 nitrogen and oxygen atoms in total. The van der Waals surface area contributed by atoms with Crippen LogP contribution in [0.4, 0.5) is 0 Å². The smallest absolute Gasteiger partial charge is 0.332 e. The molecule has 0 spiro atoms. The largest absolute Gasteiger partial charge is 0.450 e. The van der Waals surface area contributed by atoms with Crippen molar-refractivity contribution in [2.24, 2.45) is 29.6 Å². The molecule has 0 aromatic heterocycles. The zero-order valence-corrected chi connectivity index (χ0v) is 48.8. The lowest BCUT2D eigenvalue weighted by atomic mass is 9.93. The zero-order valence-electron chi connectivity index (χ0n) is 48.8. The summed E-state index contributed by atoms with van der Waals surface area (Å²) in [6, 6.07) is 8.01. The molecule has 8 amide bonds. The number of carbonyl (C=O) groups excluding carboxylic acids is 9. The summed E-state index contributed by atoms with van der Waals surface area (Å²) in [5.74, 6) is -8.82. The van der Waals surface area contributed by atoms with Gasteiger partial charge in [0.25, 0.3) is 5.91 Å². The van der Waals surface area contributed by atoms with E-state index in [1.165, 1.54) is 49.7 Å². The maximum absolute atomic E-state index is 15.2. The average molecular weight is 1090 g/mol. The van der Waals surface area contributed by atoms with Gasteiger partial charge in [-0.05, 0) is 74.3 Å². The summed E-state index contributed by atoms with van der Waals surface area (Å²) in [4.78, 5) is 138. The number of aliphatic hydroxyl groups is 1. The summed E-state index contributed by atoms with van der Waals surface area (Å²) in [5.41, 5.74) is -0.557. The Kier molecular flexibility index (Phi) is 23.4. The molecule has 2 heterocycles. The molecule has 0 aliphatic carbocycles. The second kappa shape index (κ2) is 28.5. The lowest BCUT2D eigenvalue weighted by Gasteiger charge is -2.39. The number of rotatable bonds is 13. The van der Waals surface area contributed by atoms with Crippen LogP contribution in [0.15, 0.2) is 60.7 Å². The predicted octanol–water partition coefficient (Wildman–Crippen LogP) is 4.03. The number of nitrogens with one attached hydrogen (secondary N) is 4. The van der Waals surface area contributed by atoms with Gasteiger partial charge in [-0.2, -0.15) is 0 Å². The number of fused-ring (bicyclic) bond motifs is 1. The fraction of sp³-hybridized carbons (Fsp3) is 0.644. The van der Waals surface area contributed by atoms with E-state index in [1.807, 2.05) is 57.2 Å². The molecule has 4 rings (SSSR count). The van der Waals surface area contributed by atoms with Gasteiger partial charge in [0.1, 0.15) is 42.3 Å². The normalized spacial score (nSPS) is 26.6. The number of amides is 8. The number of carbonyl (C=O) groups is 9. The van der Waals surface area contributed by atoms with Crippen molar-refractivity contribution in [2.45, 2.75) is 188 Å². The number of benzene rings is 2. The van der Waals surface area contributed by atoms with Gasteiger partial charge in [0.05, 0.1) is 5.60 Å². The van der Waals surface area contributed by atoms with Gasteiger partial charge in [-0.1, -0.05) is 136 Å². The van der Waals surface area contributed by atoms with Gasteiger partial charge in [-0.25, -0.2) is 4.79 Å². The first-order chi connectivity index (χ1) is 36.5. The second-order valence-electron chi connectivity index (χ2n) is 23.3. The van der Waals surface area contributed by atoms with Crippen molar-refractivity contribution < 1.29 is 53.0 Å². The third-order valence-corrected chi connectivity index (χ3v) is 15.4. The molecule has 5 N–H and O–H groups in total. The molecule has 2 aromatic carbocycles. The Hall–Kier alpha value is -6.37. The van der Waals surface area contributed by atoms with Crippen LogP contribution in [0.25, 0.3) is 0 Å². The van der Waals surface area contributed by atoms with Crippen LogP contribution < -0.4 is 21.3 Å². The van der Waals surface area contributed by atoms with E-state index in [-0.39, 0.29) is 38.1 Å². The van der Waals surface area contributed by atoms with Gasteiger partial charge in [-0.3, -0.25) is 38.4 Å². The second-order valence-corrected chi connectivity index (χ2v) is 23.3. The molecule has 2 fully saturated rings. The molecule has 2 aliphatic heterocycles. The lowest BCUT2D eigenvalue weighted by molar-refractivity contribution is -0.174. The number of hydrogen-bond donors (Lipinski definition) is 5. The molecule has 2 aliphatic rings. The molecular weight excluding hydrogens is 997 g/mol. The number of esters is 1. The van der Waals surface area contributed by atoms with Crippen molar-refractivity contribution in [3.8, 4) is 0 Å². The number of ether oxygens (including phenoxy) is 1. The quantitative estimate of drug-likeness (QED) is 0.179. The molecule has 0 bridgehead atoms. The number of cyclic esters (lactones) is 1. The van der Waals surface area contributed by atoms with E-state index in [0.717, 1.165) is 10.5 Å². The maximum atomic E-state index is 15.2. The van der Waals surface area contributed by atoms with Crippen molar-refractivity contribution in [2.75, 3.05) is 27.7 Å². The van der Waals surface area contributed by atoms with Crippen molar-refractivity contribution in [1.29, 1.82) is 0 Å². The van der Waals surface area contributed by atoms with Crippen LogP contribution in [0.5, 0.6) is 0 Å². The number of hydrogen-bond acceptors (Lipinski definition) is 11. The fourth-order valence-corrected chi connectivity index (χ4v) is 10.5. The Bertz CT molecular complexity index is 2390. The van der Waals surface area contributed by atoms with Crippen LogP contribution in [-0.4, -0.2) is 166 Å². The van der Waals surface area contributed by atoms with Gasteiger partial charge in [0, 0.05) is 46.4 Å². The minimum Gasteiger partial charge on any atom is -0.450 e. The van der Waals surface area contributed by atoms with Crippen LogP contribution in [0.3, 0.4) is 0 Å². The van der Waals surface area contributed by atoms with Gasteiger partial charge in [0.2, 0.25) is 41.4 Å². The van der Waals surface area contributed by atoms with Gasteiger partial charge < -0.3 is 50.7 Å². The minimum atomic E-state index is -1.97. The summed E-state index contributed by atoms with van der Waals surface area (Å²) in [6.45, 7) is 20.5.